The molecule has 3 aromatic rings. The van der Waals surface area contributed by atoms with Crippen LogP contribution >= 0.6 is 0 Å². The van der Waals surface area contributed by atoms with Crippen molar-refractivity contribution < 1.29 is 14.3 Å². The third-order valence-corrected chi connectivity index (χ3v) is 4.23. The summed E-state index contributed by atoms with van der Waals surface area (Å²) in [5.74, 6) is 1.20. The highest BCUT2D eigenvalue weighted by Gasteiger charge is 2.09. The minimum absolute atomic E-state index is 0.130. The maximum absolute atomic E-state index is 12.5. The zero-order valence-electron chi connectivity index (χ0n) is 16.5. The zero-order valence-corrected chi connectivity index (χ0v) is 16.5. The summed E-state index contributed by atoms with van der Waals surface area (Å²) in [4.78, 5) is 22.6. The summed E-state index contributed by atoms with van der Waals surface area (Å²) >= 11 is 0. The summed E-state index contributed by atoms with van der Waals surface area (Å²) in [7, 11) is 3.34. The van der Waals surface area contributed by atoms with Gasteiger partial charge in [-0.15, -0.1) is 0 Å². The maximum Gasteiger partial charge on any atom is 0.246 e. The fourth-order valence-corrected chi connectivity index (χ4v) is 2.65. The number of ether oxygens (including phenoxy) is 2. The number of aromatic nitrogens is 2. The number of carbonyl (C=O) groups is 1. The summed E-state index contributed by atoms with van der Waals surface area (Å²) in [5, 5.41) is 0. The third-order valence-electron chi connectivity index (χ3n) is 4.23. The molecule has 29 heavy (non-hydrogen) atoms. The number of benzene rings is 1. The molecule has 0 spiro atoms. The summed E-state index contributed by atoms with van der Waals surface area (Å²) in [6, 6.07) is 16.8. The van der Waals surface area contributed by atoms with Crippen LogP contribution in [0.1, 0.15) is 17.0 Å². The van der Waals surface area contributed by atoms with Gasteiger partial charge in [0.05, 0.1) is 25.0 Å². The SMILES string of the molecule is COc1ccc(OCc2ccccn2)c(C=CC(=O)N(C)Cc2ccccn2)c1. The van der Waals surface area contributed by atoms with Crippen molar-refractivity contribution in [1.82, 2.24) is 14.9 Å². The topological polar surface area (TPSA) is 64.6 Å². The first-order valence-corrected chi connectivity index (χ1v) is 9.19. The molecule has 148 valence electrons. The number of hydrogen-bond donors (Lipinski definition) is 0. The first-order valence-electron chi connectivity index (χ1n) is 9.19. The number of methoxy groups -OCH3 is 1. The lowest BCUT2D eigenvalue weighted by Gasteiger charge is -2.14. The molecule has 1 amide bonds. The lowest BCUT2D eigenvalue weighted by molar-refractivity contribution is -0.125. The van der Waals surface area contributed by atoms with Crippen LogP contribution in [0.2, 0.25) is 0 Å². The van der Waals surface area contributed by atoms with Crippen molar-refractivity contribution in [3.8, 4) is 11.5 Å². The van der Waals surface area contributed by atoms with E-state index in [1.165, 1.54) is 6.08 Å². The van der Waals surface area contributed by atoms with E-state index < -0.39 is 0 Å². The van der Waals surface area contributed by atoms with Crippen LogP contribution in [0.5, 0.6) is 11.5 Å². The van der Waals surface area contributed by atoms with Gasteiger partial charge < -0.3 is 14.4 Å². The average molecular weight is 389 g/mol. The normalized spacial score (nSPS) is 10.7. The lowest BCUT2D eigenvalue weighted by Crippen LogP contribution is -2.24. The molecule has 2 heterocycles. The molecule has 0 aliphatic carbocycles. The Morgan fingerprint density at radius 2 is 1.76 bits per heavy atom. The highest BCUT2D eigenvalue weighted by Crippen LogP contribution is 2.26. The van der Waals surface area contributed by atoms with Crippen LogP contribution in [0.15, 0.2) is 73.1 Å². The molecule has 0 saturated carbocycles. The predicted octanol–water partition coefficient (Wildman–Crippen LogP) is 3.74. The zero-order chi connectivity index (χ0) is 20.5. The second-order valence-electron chi connectivity index (χ2n) is 6.36. The van der Waals surface area contributed by atoms with Gasteiger partial charge in [-0.25, -0.2) is 0 Å². The van der Waals surface area contributed by atoms with Gasteiger partial charge in [-0.2, -0.15) is 0 Å². The van der Waals surface area contributed by atoms with Crippen LogP contribution in [-0.4, -0.2) is 34.9 Å². The van der Waals surface area contributed by atoms with Crippen molar-refractivity contribution in [3.63, 3.8) is 0 Å². The lowest BCUT2D eigenvalue weighted by atomic mass is 10.1. The van der Waals surface area contributed by atoms with Crippen LogP contribution in [0.4, 0.5) is 0 Å². The molecule has 0 unspecified atom stereocenters. The standard InChI is InChI=1S/C23H23N3O3/c1-26(16-19-7-3-5-13-24-19)23(27)12-9-18-15-21(28-2)10-11-22(18)29-17-20-8-4-6-14-25-20/h3-15H,16-17H2,1-2H3. The van der Waals surface area contributed by atoms with Gasteiger partial charge in [-0.1, -0.05) is 12.1 Å². The third kappa shape index (κ3) is 5.90. The number of rotatable bonds is 8. The number of amides is 1. The van der Waals surface area contributed by atoms with Crippen molar-refractivity contribution in [2.45, 2.75) is 13.2 Å². The minimum Gasteiger partial charge on any atom is -0.497 e. The van der Waals surface area contributed by atoms with Crippen LogP contribution in [0, 0.1) is 0 Å². The Labute approximate surface area is 170 Å². The molecule has 6 heteroatoms. The first kappa shape index (κ1) is 20.1. The van der Waals surface area contributed by atoms with Gasteiger partial charge in [0, 0.05) is 31.1 Å². The smallest absolute Gasteiger partial charge is 0.246 e. The van der Waals surface area contributed by atoms with Crippen molar-refractivity contribution in [2.75, 3.05) is 14.2 Å². The van der Waals surface area contributed by atoms with E-state index in [0.29, 0.717) is 24.7 Å². The van der Waals surface area contributed by atoms with E-state index in [4.69, 9.17) is 9.47 Å². The van der Waals surface area contributed by atoms with Crippen LogP contribution in [0.3, 0.4) is 0 Å². The second kappa shape index (κ2) is 10.0. The monoisotopic (exact) mass is 389 g/mol. The molecule has 6 nitrogen and oxygen atoms in total. The molecule has 0 saturated heterocycles. The summed E-state index contributed by atoms with van der Waals surface area (Å²) < 4.78 is 11.2. The van der Waals surface area contributed by atoms with Gasteiger partial charge in [0.25, 0.3) is 0 Å². The fraction of sp³-hybridized carbons (Fsp3) is 0.174. The van der Waals surface area contributed by atoms with Crippen molar-refractivity contribution in [1.29, 1.82) is 0 Å². The van der Waals surface area contributed by atoms with Crippen molar-refractivity contribution in [3.05, 3.63) is 90.0 Å². The Morgan fingerprint density at radius 1 is 1.03 bits per heavy atom. The number of carbonyl (C=O) groups excluding carboxylic acids is 1. The largest absolute Gasteiger partial charge is 0.497 e. The number of pyridine rings is 2. The van der Waals surface area contributed by atoms with Crippen LogP contribution in [-0.2, 0) is 17.9 Å². The number of hydrogen-bond acceptors (Lipinski definition) is 5. The van der Waals surface area contributed by atoms with Gasteiger partial charge in [-0.3, -0.25) is 14.8 Å². The van der Waals surface area contributed by atoms with Gasteiger partial charge in [-0.05, 0) is 48.5 Å². The van der Waals surface area contributed by atoms with E-state index in [1.54, 1.807) is 37.5 Å². The number of nitrogens with zero attached hydrogens (tertiary/aromatic N) is 3. The highest BCUT2D eigenvalue weighted by atomic mass is 16.5. The quantitative estimate of drug-likeness (QED) is 0.549. The van der Waals surface area contributed by atoms with E-state index >= 15 is 0 Å². The molecule has 1 aromatic carbocycles. The van der Waals surface area contributed by atoms with E-state index in [1.807, 2.05) is 54.6 Å². The highest BCUT2D eigenvalue weighted by molar-refractivity contribution is 5.92. The molecule has 0 aliphatic rings. The first-order chi connectivity index (χ1) is 14.2. The molecule has 0 N–H and O–H groups in total. The molecule has 0 bridgehead atoms. The van der Waals surface area contributed by atoms with Crippen molar-refractivity contribution in [2.24, 2.45) is 0 Å². The molecule has 2 aromatic heterocycles. The number of likely N-dealkylation sites (N-methyl/N-ethyl adjacent to an activating group) is 1. The Bertz CT molecular complexity index is 960. The molecule has 3 rings (SSSR count). The molecule has 0 atom stereocenters. The van der Waals surface area contributed by atoms with Gasteiger partial charge >= 0.3 is 0 Å². The second-order valence-corrected chi connectivity index (χ2v) is 6.36. The Balaban J connectivity index is 1.71. The van der Waals surface area contributed by atoms with Gasteiger partial charge in [0.1, 0.15) is 18.1 Å². The molecule has 0 radical (unpaired) electrons. The van der Waals surface area contributed by atoms with E-state index in [0.717, 1.165) is 17.0 Å². The minimum atomic E-state index is -0.130. The van der Waals surface area contributed by atoms with Crippen molar-refractivity contribution >= 4 is 12.0 Å². The van der Waals surface area contributed by atoms with Gasteiger partial charge in [0.15, 0.2) is 0 Å². The van der Waals surface area contributed by atoms with Gasteiger partial charge in [0.2, 0.25) is 5.91 Å². The van der Waals surface area contributed by atoms with E-state index in [-0.39, 0.29) is 5.91 Å². The molecular weight excluding hydrogens is 366 g/mol. The Kier molecular flexibility index (Phi) is 6.95. The average Bonchev–Trinajstić information content (AvgIpc) is 2.77. The van der Waals surface area contributed by atoms with E-state index in [2.05, 4.69) is 9.97 Å². The fourth-order valence-electron chi connectivity index (χ4n) is 2.65. The summed E-state index contributed by atoms with van der Waals surface area (Å²) in [6.45, 7) is 0.771. The summed E-state index contributed by atoms with van der Waals surface area (Å²) in [6.07, 6.45) is 6.69. The van der Waals surface area contributed by atoms with E-state index in [9.17, 15) is 4.79 Å². The van der Waals surface area contributed by atoms with Crippen LogP contribution in [0.25, 0.3) is 6.08 Å². The molecule has 0 aliphatic heterocycles. The molecular formula is C23H23N3O3. The Morgan fingerprint density at radius 3 is 2.41 bits per heavy atom. The Hall–Kier alpha value is -3.67. The maximum atomic E-state index is 12.5. The predicted molar refractivity (Wildman–Crippen MR) is 111 cm³/mol. The molecule has 0 fully saturated rings. The summed E-state index contributed by atoms with van der Waals surface area (Å²) in [5.41, 5.74) is 2.40. The van der Waals surface area contributed by atoms with Crippen LogP contribution < -0.4 is 9.47 Å².